The minimum absolute atomic E-state index is 0.0630. The van der Waals surface area contributed by atoms with Gasteiger partial charge in [-0.1, -0.05) is 61.0 Å². The third kappa shape index (κ3) is 28.7. The Morgan fingerprint density at radius 1 is 0.980 bits per heavy atom. The van der Waals surface area contributed by atoms with Crippen LogP contribution in [-0.4, -0.2) is 78.1 Å². The average Bonchev–Trinajstić information content (AvgIpc) is 3.06. The monoisotopic (exact) mass is 708 g/mol. The van der Waals surface area contributed by atoms with Gasteiger partial charge in [-0.25, -0.2) is 33.9 Å². The van der Waals surface area contributed by atoms with Gasteiger partial charge in [0.2, 0.25) is 12.2 Å². The minimum atomic E-state index is -0.570. The number of isocyanates is 2. The summed E-state index contributed by atoms with van der Waals surface area (Å²) in [6, 6.07) is 5.06. The standard InChI is InChI=1S/C13H22N2O3.C10H10N2O3.C5H13NO2.C4H7NO.C3H8/c1-12(2)5-10(15-11(17)18-4)6-13(3,7-12)8-14-9-16;1-7-3-4-8(12-10(14)15-2)5-9(7)11-6-13;1-3-4-6-5-8-7-2;1-2-3-6-4-5;1-3-2/h10H,5-8H2,1-4H3,(H,15,17);3-5H,1-2H3,(H,12,14);6H,3-5H2,1-2H3;2-3H2,1H3;3H2,1-2H3. The number of ether oxygens (including phenoxy) is 3. The van der Waals surface area contributed by atoms with Crippen LogP contribution in [0.5, 0.6) is 0 Å². The van der Waals surface area contributed by atoms with Gasteiger partial charge in [-0.15, -0.1) is 0 Å². The van der Waals surface area contributed by atoms with Gasteiger partial charge >= 0.3 is 12.2 Å². The normalized spacial score (nSPS) is 16.2. The van der Waals surface area contributed by atoms with E-state index >= 15 is 0 Å². The largest absolute Gasteiger partial charge is 0.453 e. The van der Waals surface area contributed by atoms with Crippen molar-refractivity contribution in [2.45, 2.75) is 100.0 Å². The topological polar surface area (TPSA) is 199 Å². The molecule has 15 nitrogen and oxygen atoms in total. The Hall–Kier alpha value is -4.31. The molecule has 0 saturated heterocycles. The van der Waals surface area contributed by atoms with Gasteiger partial charge in [0.1, 0.15) is 13.3 Å². The molecule has 1 fully saturated rings. The first-order valence-corrected chi connectivity index (χ1v) is 16.5. The lowest BCUT2D eigenvalue weighted by Crippen LogP contribution is -2.47. The van der Waals surface area contributed by atoms with Crippen LogP contribution < -0.4 is 16.0 Å². The molecule has 2 rings (SSSR count). The lowest BCUT2D eigenvalue weighted by molar-refractivity contribution is -0.276. The molecule has 0 spiro atoms. The van der Waals surface area contributed by atoms with E-state index in [4.69, 9.17) is 5.26 Å². The van der Waals surface area contributed by atoms with Crippen molar-refractivity contribution in [2.24, 2.45) is 20.8 Å². The zero-order valence-electron chi connectivity index (χ0n) is 31.9. The molecule has 1 aliphatic rings. The number of alkyl carbamates (subject to hydrolysis) is 1. The number of nitrogens with zero attached hydrogens (tertiary/aromatic N) is 3. The van der Waals surface area contributed by atoms with Gasteiger partial charge in [0.05, 0.1) is 33.6 Å². The molecule has 2 unspecified atom stereocenters. The molecule has 2 atom stereocenters. The van der Waals surface area contributed by atoms with Crippen molar-refractivity contribution in [3.05, 3.63) is 23.8 Å². The number of benzene rings is 1. The lowest BCUT2D eigenvalue weighted by atomic mass is 9.62. The summed E-state index contributed by atoms with van der Waals surface area (Å²) in [6.45, 7) is 19.0. The van der Waals surface area contributed by atoms with Crippen LogP contribution in [0.15, 0.2) is 28.2 Å². The quantitative estimate of drug-likeness (QED) is 0.0376. The van der Waals surface area contributed by atoms with Crippen LogP contribution in [0.3, 0.4) is 0 Å². The molecule has 284 valence electrons. The van der Waals surface area contributed by atoms with E-state index in [-0.39, 0.29) is 16.9 Å². The number of carbonyl (C=O) groups is 2. The Bertz CT molecular complexity index is 1190. The molecule has 2 amide bonds. The van der Waals surface area contributed by atoms with Gasteiger partial charge in [-0.05, 0) is 74.1 Å². The molecular weight excluding hydrogens is 648 g/mol. The first-order valence-electron chi connectivity index (χ1n) is 16.5. The summed E-state index contributed by atoms with van der Waals surface area (Å²) < 4.78 is 13.3. The molecule has 3 N–H and O–H groups in total. The Morgan fingerprint density at radius 2 is 1.62 bits per heavy atom. The highest BCUT2D eigenvalue weighted by atomic mass is 17.2. The van der Waals surface area contributed by atoms with Gasteiger partial charge < -0.3 is 19.5 Å². The molecule has 0 radical (unpaired) electrons. The van der Waals surface area contributed by atoms with E-state index in [0.29, 0.717) is 31.3 Å². The maximum atomic E-state index is 11.3. The van der Waals surface area contributed by atoms with Gasteiger partial charge in [-0.2, -0.15) is 10.3 Å². The summed E-state index contributed by atoms with van der Waals surface area (Å²) in [5.74, 6) is 0. The van der Waals surface area contributed by atoms with E-state index in [1.165, 1.54) is 33.8 Å². The van der Waals surface area contributed by atoms with E-state index in [1.54, 1.807) is 37.5 Å². The number of methoxy groups -OCH3 is 2. The summed E-state index contributed by atoms with van der Waals surface area (Å²) in [7, 11) is 4.13. The smallest absolute Gasteiger partial charge is 0.411 e. The second-order valence-electron chi connectivity index (χ2n) is 12.2. The molecule has 0 bridgehead atoms. The number of rotatable bonds is 12. The van der Waals surface area contributed by atoms with Crippen molar-refractivity contribution < 1.29 is 43.2 Å². The van der Waals surface area contributed by atoms with Crippen LogP contribution in [0.4, 0.5) is 21.0 Å². The predicted octanol–water partition coefficient (Wildman–Crippen LogP) is 7.24. The maximum Gasteiger partial charge on any atom is 0.411 e. The minimum Gasteiger partial charge on any atom is -0.453 e. The predicted molar refractivity (Wildman–Crippen MR) is 192 cm³/mol. The van der Waals surface area contributed by atoms with Gasteiger partial charge in [0, 0.05) is 11.7 Å². The Labute approximate surface area is 298 Å². The zero-order valence-corrected chi connectivity index (χ0v) is 31.9. The van der Waals surface area contributed by atoms with Crippen molar-refractivity contribution in [2.75, 3.05) is 53.1 Å². The van der Waals surface area contributed by atoms with Crippen molar-refractivity contribution in [1.29, 1.82) is 5.26 Å². The fourth-order valence-corrected chi connectivity index (χ4v) is 4.83. The number of hydrogen-bond donors (Lipinski definition) is 3. The van der Waals surface area contributed by atoms with Crippen LogP contribution in [-0.2, 0) is 33.6 Å². The molecule has 50 heavy (non-hydrogen) atoms. The van der Waals surface area contributed by atoms with E-state index in [0.717, 1.165) is 44.2 Å². The van der Waals surface area contributed by atoms with Gasteiger partial charge in [-0.3, -0.25) is 10.6 Å². The van der Waals surface area contributed by atoms with E-state index in [1.807, 2.05) is 6.92 Å². The van der Waals surface area contributed by atoms with Gasteiger partial charge in [0.25, 0.3) is 6.26 Å². The van der Waals surface area contributed by atoms with Crippen LogP contribution in [0.2, 0.25) is 0 Å². The second-order valence-corrected chi connectivity index (χ2v) is 12.2. The maximum absolute atomic E-state index is 11.3. The third-order valence-corrected chi connectivity index (χ3v) is 6.36. The molecule has 1 saturated carbocycles. The SMILES string of the molecule is CCC.CCCNCOOC.CCCOC#N.COC(=O)NC1CC(C)(C)CC(C)(CN=C=O)C1.COC(=O)Nc1ccc(C)c(N=C=O)c1. The summed E-state index contributed by atoms with van der Waals surface area (Å²) >= 11 is 0. The number of carbonyl (C=O) groups excluding carboxylic acids is 4. The Kier molecular flexibility index (Phi) is 32.0. The van der Waals surface area contributed by atoms with Gasteiger partial charge in [0.15, 0.2) is 0 Å². The fourth-order valence-electron chi connectivity index (χ4n) is 4.83. The number of anilines is 1. The number of nitriles is 1. The molecule has 1 aliphatic carbocycles. The fraction of sp³-hybridized carbons (Fsp3) is 0.686. The first kappa shape index (κ1) is 50.1. The van der Waals surface area contributed by atoms with Crippen molar-refractivity contribution in [3.8, 4) is 6.26 Å². The second kappa shape index (κ2) is 31.9. The van der Waals surface area contributed by atoms with Crippen molar-refractivity contribution >= 4 is 35.7 Å². The molecule has 15 heteroatoms. The van der Waals surface area contributed by atoms with E-state index in [2.05, 4.69) is 91.5 Å². The number of amides is 2. The molecule has 1 aromatic carbocycles. The highest BCUT2D eigenvalue weighted by Crippen LogP contribution is 2.46. The third-order valence-electron chi connectivity index (χ3n) is 6.36. The van der Waals surface area contributed by atoms with E-state index < -0.39 is 12.2 Å². The molecule has 1 aromatic rings. The van der Waals surface area contributed by atoms with Crippen LogP contribution >= 0.6 is 0 Å². The van der Waals surface area contributed by atoms with E-state index in [9.17, 15) is 19.2 Å². The zero-order chi connectivity index (χ0) is 38.8. The van der Waals surface area contributed by atoms with Crippen LogP contribution in [0.1, 0.15) is 92.6 Å². The lowest BCUT2D eigenvalue weighted by Gasteiger charge is -2.45. The molecular formula is C35H60N6O9. The highest BCUT2D eigenvalue weighted by Gasteiger charge is 2.41. The summed E-state index contributed by atoms with van der Waals surface area (Å²) in [6.07, 6.45) is 9.61. The van der Waals surface area contributed by atoms with Crippen molar-refractivity contribution in [3.63, 3.8) is 0 Å². The molecule has 0 aliphatic heterocycles. The number of hydrogen-bond acceptors (Lipinski definition) is 13. The average molecular weight is 709 g/mol. The van der Waals surface area contributed by atoms with Crippen molar-refractivity contribution in [1.82, 2.24) is 10.6 Å². The number of aliphatic imine (C=N–C) groups is 2. The summed E-state index contributed by atoms with van der Waals surface area (Å²) in [5, 5.41) is 16.0. The number of aryl methyl sites for hydroxylation is 1. The molecule has 0 heterocycles. The van der Waals surface area contributed by atoms with Crippen LogP contribution in [0.25, 0.3) is 0 Å². The summed E-state index contributed by atoms with van der Waals surface area (Å²) in [5.41, 5.74) is 1.84. The highest BCUT2D eigenvalue weighted by molar-refractivity contribution is 5.85. The summed E-state index contributed by atoms with van der Waals surface area (Å²) in [4.78, 5) is 58.6. The Morgan fingerprint density at radius 3 is 2.10 bits per heavy atom. The number of nitrogens with one attached hydrogen (secondary N) is 3. The van der Waals surface area contributed by atoms with Crippen LogP contribution in [0, 0.1) is 29.3 Å². The first-order chi connectivity index (χ1) is 23.7. The Balaban J connectivity index is -0.000000618. The molecule has 0 aromatic heterocycles.